The number of aryl methyl sites for hydroxylation is 1. The van der Waals surface area contributed by atoms with Crippen molar-refractivity contribution in [2.75, 3.05) is 11.9 Å². The molecule has 0 saturated carbocycles. The number of hydrogen-bond acceptors (Lipinski definition) is 3. The van der Waals surface area contributed by atoms with E-state index in [9.17, 15) is 9.59 Å². The maximum absolute atomic E-state index is 12.1. The number of nitrogens with zero attached hydrogens (tertiary/aromatic N) is 2. The first-order valence-electron chi connectivity index (χ1n) is 8.09. The summed E-state index contributed by atoms with van der Waals surface area (Å²) in [7, 11) is 0. The number of carbonyl (C=O) groups is 2. The van der Waals surface area contributed by atoms with Gasteiger partial charge in [0.2, 0.25) is 11.8 Å². The molecule has 0 unspecified atom stereocenters. The molecule has 1 N–H and O–H groups in total. The first kappa shape index (κ1) is 18.2. The molecule has 0 aliphatic rings. The number of carbonyl (C=O) groups excluding carboxylic acids is 2. The zero-order chi connectivity index (χ0) is 18.2. The van der Waals surface area contributed by atoms with Gasteiger partial charge in [0.15, 0.2) is 0 Å². The molecule has 0 heterocycles. The first-order chi connectivity index (χ1) is 12.0. The lowest BCUT2D eigenvalue weighted by Gasteiger charge is -2.21. The van der Waals surface area contributed by atoms with Crippen molar-refractivity contribution in [3.63, 3.8) is 0 Å². The molecule has 0 spiro atoms. The smallest absolute Gasteiger partial charge is 0.226 e. The Morgan fingerprint density at radius 2 is 1.88 bits per heavy atom. The SMILES string of the molecule is CC(=O)N(CCC(=O)Nc1ccc(C#N)cc1)Cc1cccc(C)c1. The molecule has 5 nitrogen and oxygen atoms in total. The minimum atomic E-state index is -0.166. The number of rotatable bonds is 6. The fourth-order valence-corrected chi connectivity index (χ4v) is 2.47. The van der Waals surface area contributed by atoms with E-state index in [1.165, 1.54) is 6.92 Å². The van der Waals surface area contributed by atoms with Crippen LogP contribution in [0.3, 0.4) is 0 Å². The summed E-state index contributed by atoms with van der Waals surface area (Å²) >= 11 is 0. The van der Waals surface area contributed by atoms with Gasteiger partial charge in [0, 0.05) is 32.1 Å². The van der Waals surface area contributed by atoms with E-state index in [2.05, 4.69) is 5.32 Å². The van der Waals surface area contributed by atoms with E-state index in [0.717, 1.165) is 11.1 Å². The second-order valence-corrected chi connectivity index (χ2v) is 5.92. The lowest BCUT2D eigenvalue weighted by atomic mass is 10.1. The van der Waals surface area contributed by atoms with E-state index in [-0.39, 0.29) is 18.2 Å². The Hall–Kier alpha value is -3.13. The zero-order valence-electron chi connectivity index (χ0n) is 14.5. The Kier molecular flexibility index (Phi) is 6.30. The summed E-state index contributed by atoms with van der Waals surface area (Å²) in [4.78, 5) is 25.6. The van der Waals surface area contributed by atoms with Gasteiger partial charge in [0.1, 0.15) is 0 Å². The normalized spacial score (nSPS) is 9.96. The summed E-state index contributed by atoms with van der Waals surface area (Å²) in [5, 5.41) is 11.5. The van der Waals surface area contributed by atoms with Crippen LogP contribution in [-0.2, 0) is 16.1 Å². The summed E-state index contributed by atoms with van der Waals surface area (Å²) < 4.78 is 0. The molecular formula is C20H21N3O2. The van der Waals surface area contributed by atoms with Crippen LogP contribution < -0.4 is 5.32 Å². The van der Waals surface area contributed by atoms with Crippen LogP contribution in [-0.4, -0.2) is 23.3 Å². The van der Waals surface area contributed by atoms with Crippen molar-refractivity contribution < 1.29 is 9.59 Å². The third-order valence-corrected chi connectivity index (χ3v) is 3.81. The van der Waals surface area contributed by atoms with Gasteiger partial charge in [-0.05, 0) is 36.8 Å². The fourth-order valence-electron chi connectivity index (χ4n) is 2.47. The molecule has 0 bridgehead atoms. The number of amides is 2. The maximum atomic E-state index is 12.1. The van der Waals surface area contributed by atoms with Crippen molar-refractivity contribution in [1.29, 1.82) is 5.26 Å². The molecule has 2 amide bonds. The molecule has 0 radical (unpaired) electrons. The molecule has 0 fully saturated rings. The summed E-state index contributed by atoms with van der Waals surface area (Å²) in [6.45, 7) is 4.35. The van der Waals surface area contributed by atoms with Crippen LogP contribution >= 0.6 is 0 Å². The average Bonchev–Trinajstić information content (AvgIpc) is 2.59. The largest absolute Gasteiger partial charge is 0.338 e. The highest BCUT2D eigenvalue weighted by Crippen LogP contribution is 2.11. The molecule has 0 saturated heterocycles. The van der Waals surface area contributed by atoms with E-state index < -0.39 is 0 Å². The molecule has 0 aliphatic carbocycles. The Morgan fingerprint density at radius 1 is 1.16 bits per heavy atom. The molecule has 25 heavy (non-hydrogen) atoms. The van der Waals surface area contributed by atoms with Crippen LogP contribution in [0.25, 0.3) is 0 Å². The van der Waals surface area contributed by atoms with Crippen LogP contribution in [0.2, 0.25) is 0 Å². The van der Waals surface area contributed by atoms with Crippen molar-refractivity contribution in [3.05, 3.63) is 65.2 Å². The van der Waals surface area contributed by atoms with Crippen molar-refractivity contribution in [1.82, 2.24) is 4.90 Å². The van der Waals surface area contributed by atoms with Crippen molar-refractivity contribution >= 4 is 17.5 Å². The number of anilines is 1. The number of benzene rings is 2. The molecule has 0 atom stereocenters. The third kappa shape index (κ3) is 5.78. The lowest BCUT2D eigenvalue weighted by molar-refractivity contribution is -0.129. The van der Waals surface area contributed by atoms with Gasteiger partial charge in [-0.15, -0.1) is 0 Å². The maximum Gasteiger partial charge on any atom is 0.226 e. The highest BCUT2D eigenvalue weighted by atomic mass is 16.2. The molecular weight excluding hydrogens is 314 g/mol. The van der Waals surface area contributed by atoms with Crippen LogP contribution in [0.4, 0.5) is 5.69 Å². The Bertz CT molecular complexity index is 791. The van der Waals surface area contributed by atoms with Crippen molar-refractivity contribution in [3.8, 4) is 6.07 Å². The van der Waals surface area contributed by atoms with Crippen molar-refractivity contribution in [2.24, 2.45) is 0 Å². The lowest BCUT2D eigenvalue weighted by Crippen LogP contribution is -2.31. The molecule has 2 aromatic rings. The number of hydrogen-bond donors (Lipinski definition) is 1. The van der Waals surface area contributed by atoms with E-state index in [1.54, 1.807) is 29.2 Å². The summed E-state index contributed by atoms with van der Waals surface area (Å²) in [5.41, 5.74) is 3.36. The second kappa shape index (κ2) is 8.65. The minimum absolute atomic E-state index is 0.0623. The van der Waals surface area contributed by atoms with Gasteiger partial charge in [0.05, 0.1) is 11.6 Å². The molecule has 5 heteroatoms. The molecule has 0 aromatic heterocycles. The standard InChI is InChI=1S/C20H21N3O2/c1-15-4-3-5-18(12-15)14-23(16(2)24)11-10-20(25)22-19-8-6-17(13-21)7-9-19/h3-9,12H,10-11,14H2,1-2H3,(H,22,25). The minimum Gasteiger partial charge on any atom is -0.338 e. The van der Waals surface area contributed by atoms with Crippen LogP contribution in [0.5, 0.6) is 0 Å². The van der Waals surface area contributed by atoms with Crippen LogP contribution in [0.15, 0.2) is 48.5 Å². The molecule has 128 valence electrons. The second-order valence-electron chi connectivity index (χ2n) is 5.92. The monoisotopic (exact) mass is 335 g/mol. The zero-order valence-corrected chi connectivity index (χ0v) is 14.5. The Labute approximate surface area is 147 Å². The quantitative estimate of drug-likeness (QED) is 0.881. The Balaban J connectivity index is 1.90. The highest BCUT2D eigenvalue weighted by Gasteiger charge is 2.12. The summed E-state index contributed by atoms with van der Waals surface area (Å²) in [6, 6.07) is 16.7. The van der Waals surface area contributed by atoms with Gasteiger partial charge in [0.25, 0.3) is 0 Å². The van der Waals surface area contributed by atoms with Gasteiger partial charge in [-0.2, -0.15) is 5.26 Å². The van der Waals surface area contributed by atoms with Crippen LogP contribution in [0, 0.1) is 18.3 Å². The van der Waals surface area contributed by atoms with E-state index >= 15 is 0 Å². The topological polar surface area (TPSA) is 73.2 Å². The predicted molar refractivity (Wildman–Crippen MR) is 96.7 cm³/mol. The van der Waals surface area contributed by atoms with Gasteiger partial charge in [-0.3, -0.25) is 9.59 Å². The summed E-state index contributed by atoms with van der Waals surface area (Å²) in [6.07, 6.45) is 0.214. The highest BCUT2D eigenvalue weighted by molar-refractivity contribution is 5.91. The van der Waals surface area contributed by atoms with Crippen LogP contribution in [0.1, 0.15) is 30.0 Å². The van der Waals surface area contributed by atoms with Gasteiger partial charge >= 0.3 is 0 Å². The molecule has 0 aliphatic heterocycles. The van der Waals surface area contributed by atoms with E-state index in [4.69, 9.17) is 5.26 Å². The van der Waals surface area contributed by atoms with Gasteiger partial charge in [-0.1, -0.05) is 29.8 Å². The fraction of sp³-hybridized carbons (Fsp3) is 0.250. The predicted octanol–water partition coefficient (Wildman–Crippen LogP) is 3.24. The Morgan fingerprint density at radius 3 is 2.48 bits per heavy atom. The number of nitrogens with one attached hydrogen (secondary N) is 1. The van der Waals surface area contributed by atoms with E-state index in [1.807, 2.05) is 37.3 Å². The first-order valence-corrected chi connectivity index (χ1v) is 8.09. The summed E-state index contributed by atoms with van der Waals surface area (Å²) in [5.74, 6) is -0.229. The average molecular weight is 335 g/mol. The van der Waals surface area contributed by atoms with Gasteiger partial charge < -0.3 is 10.2 Å². The van der Waals surface area contributed by atoms with Gasteiger partial charge in [-0.25, -0.2) is 0 Å². The molecule has 2 rings (SSSR count). The van der Waals surface area contributed by atoms with Crippen molar-refractivity contribution in [2.45, 2.75) is 26.8 Å². The van der Waals surface area contributed by atoms with E-state index in [0.29, 0.717) is 24.3 Å². The number of nitriles is 1. The molecule has 2 aromatic carbocycles. The third-order valence-electron chi connectivity index (χ3n) is 3.81.